The highest BCUT2D eigenvalue weighted by atomic mass is 16.3. The van der Waals surface area contributed by atoms with Crippen molar-refractivity contribution in [2.24, 2.45) is 0 Å². The Morgan fingerprint density at radius 2 is 0.860 bits per heavy atom. The molecule has 0 saturated heterocycles. The van der Waals surface area contributed by atoms with Crippen molar-refractivity contribution in [3.05, 3.63) is 218 Å². The minimum absolute atomic E-state index is 0.886. The van der Waals surface area contributed by atoms with Crippen LogP contribution in [0.3, 0.4) is 0 Å². The van der Waals surface area contributed by atoms with E-state index in [4.69, 9.17) is 4.42 Å². The molecule has 0 radical (unpaired) electrons. The first-order valence-electron chi connectivity index (χ1n) is 19.4. The maximum absolute atomic E-state index is 6.36. The summed E-state index contributed by atoms with van der Waals surface area (Å²) in [7, 11) is 0. The SMILES string of the molecule is c1ccc(-c2ccc(N(c3ccc(-c4ccccc4)cc3)c3cccc(-c4cccc5c4c4ccccc4n5-c4cccc5oc6ccccc6c45)c3)cc2)cc1. The minimum Gasteiger partial charge on any atom is -0.456 e. The lowest BCUT2D eigenvalue weighted by atomic mass is 9.98. The Kier molecular flexibility index (Phi) is 7.82. The Labute approximate surface area is 330 Å². The van der Waals surface area contributed by atoms with Crippen LogP contribution in [-0.4, -0.2) is 4.57 Å². The molecular formula is C54H36N2O. The van der Waals surface area contributed by atoms with Gasteiger partial charge in [-0.15, -0.1) is 0 Å². The van der Waals surface area contributed by atoms with E-state index >= 15 is 0 Å². The molecule has 3 heteroatoms. The smallest absolute Gasteiger partial charge is 0.137 e. The zero-order valence-electron chi connectivity index (χ0n) is 31.1. The Morgan fingerprint density at radius 1 is 0.333 bits per heavy atom. The average Bonchev–Trinajstić information content (AvgIpc) is 3.84. The summed E-state index contributed by atoms with van der Waals surface area (Å²) >= 11 is 0. The zero-order chi connectivity index (χ0) is 37.7. The van der Waals surface area contributed by atoms with Crippen LogP contribution in [-0.2, 0) is 0 Å². The van der Waals surface area contributed by atoms with E-state index in [0.717, 1.165) is 61.3 Å². The van der Waals surface area contributed by atoms with Gasteiger partial charge in [0.25, 0.3) is 0 Å². The number of hydrogen-bond acceptors (Lipinski definition) is 2. The Hall–Kier alpha value is -7.62. The topological polar surface area (TPSA) is 21.3 Å². The Bertz CT molecular complexity index is 3130. The molecule has 0 unspecified atom stereocenters. The fourth-order valence-electron chi connectivity index (χ4n) is 8.59. The molecule has 0 atom stereocenters. The van der Waals surface area contributed by atoms with Gasteiger partial charge in [0.05, 0.1) is 22.1 Å². The Balaban J connectivity index is 1.08. The van der Waals surface area contributed by atoms with Gasteiger partial charge in [-0.3, -0.25) is 0 Å². The van der Waals surface area contributed by atoms with Crippen molar-refractivity contribution in [1.29, 1.82) is 0 Å². The first-order chi connectivity index (χ1) is 28.3. The van der Waals surface area contributed by atoms with Crippen molar-refractivity contribution in [1.82, 2.24) is 4.57 Å². The normalized spacial score (nSPS) is 11.5. The second-order valence-corrected chi connectivity index (χ2v) is 14.5. The molecule has 11 rings (SSSR count). The molecule has 0 spiro atoms. The summed E-state index contributed by atoms with van der Waals surface area (Å²) in [5.41, 5.74) is 15.6. The third-order valence-corrected chi connectivity index (χ3v) is 11.2. The number of fused-ring (bicyclic) bond motifs is 6. The van der Waals surface area contributed by atoms with Crippen LogP contribution >= 0.6 is 0 Å². The number of hydrogen-bond donors (Lipinski definition) is 0. The van der Waals surface area contributed by atoms with E-state index in [-0.39, 0.29) is 0 Å². The van der Waals surface area contributed by atoms with E-state index in [9.17, 15) is 0 Å². The fraction of sp³-hybridized carbons (Fsp3) is 0. The van der Waals surface area contributed by atoms with Gasteiger partial charge in [0, 0.05) is 33.2 Å². The molecule has 0 aliphatic heterocycles. The minimum atomic E-state index is 0.886. The first-order valence-corrected chi connectivity index (χ1v) is 19.4. The number of benzene rings is 9. The van der Waals surface area contributed by atoms with Crippen LogP contribution in [0.5, 0.6) is 0 Å². The van der Waals surface area contributed by atoms with Gasteiger partial charge < -0.3 is 13.9 Å². The molecule has 57 heavy (non-hydrogen) atoms. The highest BCUT2D eigenvalue weighted by Crippen LogP contribution is 2.44. The van der Waals surface area contributed by atoms with Gasteiger partial charge in [-0.25, -0.2) is 0 Å². The molecule has 0 aliphatic carbocycles. The standard InChI is InChI=1S/C54H36N2O/c1-3-14-37(15-4-1)39-28-32-42(33-29-39)55(43-34-30-40(31-35-43)38-16-5-2-6-17-38)44-19-11-18-41(36-44)45-22-12-24-49-53(45)46-20-7-9-23-48(46)56(49)50-25-13-27-52-54(50)47-21-8-10-26-51(47)57-52/h1-36H. The highest BCUT2D eigenvalue weighted by molar-refractivity contribution is 6.18. The van der Waals surface area contributed by atoms with E-state index in [2.05, 4.69) is 222 Å². The van der Waals surface area contributed by atoms with Gasteiger partial charge in [-0.2, -0.15) is 0 Å². The summed E-state index contributed by atoms with van der Waals surface area (Å²) in [4.78, 5) is 2.36. The molecule has 0 N–H and O–H groups in total. The summed E-state index contributed by atoms with van der Waals surface area (Å²) in [6.45, 7) is 0. The van der Waals surface area contributed by atoms with Gasteiger partial charge in [-0.1, -0.05) is 152 Å². The van der Waals surface area contributed by atoms with Gasteiger partial charge in [-0.05, 0) is 100 Å². The van der Waals surface area contributed by atoms with Crippen LogP contribution in [0, 0.1) is 0 Å². The molecule has 0 aliphatic rings. The molecule has 0 fully saturated rings. The molecule has 9 aromatic carbocycles. The van der Waals surface area contributed by atoms with Crippen molar-refractivity contribution < 1.29 is 4.42 Å². The third kappa shape index (κ3) is 5.60. The summed E-state index contributed by atoms with van der Waals surface area (Å²) < 4.78 is 8.77. The highest BCUT2D eigenvalue weighted by Gasteiger charge is 2.21. The molecular weight excluding hydrogens is 693 g/mol. The van der Waals surface area contributed by atoms with E-state index < -0.39 is 0 Å². The second-order valence-electron chi connectivity index (χ2n) is 14.5. The van der Waals surface area contributed by atoms with Gasteiger partial charge >= 0.3 is 0 Å². The average molecular weight is 729 g/mol. The van der Waals surface area contributed by atoms with Gasteiger partial charge in [0.15, 0.2) is 0 Å². The summed E-state index contributed by atoms with van der Waals surface area (Å²) in [6.07, 6.45) is 0. The van der Waals surface area contributed by atoms with E-state index in [0.29, 0.717) is 0 Å². The third-order valence-electron chi connectivity index (χ3n) is 11.2. The van der Waals surface area contributed by atoms with Crippen LogP contribution in [0.1, 0.15) is 0 Å². The lowest BCUT2D eigenvalue weighted by molar-refractivity contribution is 0.669. The summed E-state index contributed by atoms with van der Waals surface area (Å²) in [5, 5.41) is 4.67. The molecule has 0 bridgehead atoms. The lowest BCUT2D eigenvalue weighted by Gasteiger charge is -2.26. The molecule has 0 saturated carbocycles. The van der Waals surface area contributed by atoms with Gasteiger partial charge in [0.1, 0.15) is 11.2 Å². The van der Waals surface area contributed by atoms with E-state index in [1.54, 1.807) is 0 Å². The van der Waals surface area contributed by atoms with Crippen LogP contribution in [0.4, 0.5) is 17.1 Å². The van der Waals surface area contributed by atoms with Crippen molar-refractivity contribution >= 4 is 60.8 Å². The lowest BCUT2D eigenvalue weighted by Crippen LogP contribution is -2.10. The fourth-order valence-corrected chi connectivity index (χ4v) is 8.59. The van der Waals surface area contributed by atoms with E-state index in [1.807, 2.05) is 6.07 Å². The largest absolute Gasteiger partial charge is 0.456 e. The molecule has 0 amide bonds. The maximum atomic E-state index is 6.36. The quantitative estimate of drug-likeness (QED) is 0.163. The molecule has 2 heterocycles. The predicted octanol–water partition coefficient (Wildman–Crippen LogP) is 15.2. The van der Waals surface area contributed by atoms with Crippen LogP contribution in [0.25, 0.3) is 82.8 Å². The second kappa shape index (κ2) is 13.6. The van der Waals surface area contributed by atoms with Gasteiger partial charge in [0.2, 0.25) is 0 Å². The van der Waals surface area contributed by atoms with Crippen LogP contribution < -0.4 is 4.90 Å². The van der Waals surface area contributed by atoms with Crippen LogP contribution in [0.2, 0.25) is 0 Å². The number of para-hydroxylation sites is 2. The Morgan fingerprint density at radius 3 is 1.56 bits per heavy atom. The number of rotatable bonds is 7. The van der Waals surface area contributed by atoms with Crippen molar-refractivity contribution in [2.75, 3.05) is 4.90 Å². The van der Waals surface area contributed by atoms with E-state index in [1.165, 1.54) is 38.6 Å². The van der Waals surface area contributed by atoms with Crippen molar-refractivity contribution in [2.45, 2.75) is 0 Å². The number of aromatic nitrogens is 1. The number of nitrogens with zero attached hydrogens (tertiary/aromatic N) is 2. The summed E-state index contributed by atoms with van der Waals surface area (Å²) in [5.74, 6) is 0. The zero-order valence-corrected chi connectivity index (χ0v) is 31.1. The van der Waals surface area contributed by atoms with Crippen LogP contribution in [0.15, 0.2) is 223 Å². The summed E-state index contributed by atoms with van der Waals surface area (Å²) in [6, 6.07) is 78.1. The number of anilines is 3. The maximum Gasteiger partial charge on any atom is 0.137 e. The molecule has 11 aromatic rings. The molecule has 2 aromatic heterocycles. The van der Waals surface area contributed by atoms with Crippen molar-refractivity contribution in [3.63, 3.8) is 0 Å². The molecule has 268 valence electrons. The van der Waals surface area contributed by atoms with Crippen molar-refractivity contribution in [3.8, 4) is 39.1 Å². The predicted molar refractivity (Wildman–Crippen MR) is 239 cm³/mol. The molecule has 3 nitrogen and oxygen atoms in total. The first kappa shape index (κ1) is 32.8. The monoisotopic (exact) mass is 728 g/mol. The number of furan rings is 1.